The van der Waals surface area contributed by atoms with Gasteiger partial charge in [0.1, 0.15) is 4.90 Å². The van der Waals surface area contributed by atoms with E-state index in [1.165, 1.54) is 13.2 Å². The summed E-state index contributed by atoms with van der Waals surface area (Å²) < 4.78 is 29.2. The molecule has 0 aliphatic heterocycles. The molecule has 0 spiro atoms. The fourth-order valence-electron chi connectivity index (χ4n) is 3.30. The van der Waals surface area contributed by atoms with E-state index in [4.69, 9.17) is 9.88 Å². The number of hydrogen-bond donors (Lipinski definition) is 3. The van der Waals surface area contributed by atoms with Crippen molar-refractivity contribution in [3.8, 4) is 17.3 Å². The third-order valence-electron chi connectivity index (χ3n) is 4.67. The van der Waals surface area contributed by atoms with Crippen LogP contribution in [-0.4, -0.2) is 35.7 Å². The number of hydrogen-bond acceptors (Lipinski definition) is 7. The van der Waals surface area contributed by atoms with Crippen LogP contribution in [0.2, 0.25) is 0 Å². The number of methoxy groups -OCH3 is 1. The Balaban J connectivity index is 1.79. The Morgan fingerprint density at radius 2 is 1.87 bits per heavy atom. The zero-order valence-electron chi connectivity index (χ0n) is 16.4. The minimum atomic E-state index is -3.89. The van der Waals surface area contributed by atoms with Crippen molar-refractivity contribution in [1.82, 2.24) is 20.2 Å². The maximum Gasteiger partial charge on any atom is 0.276 e. The van der Waals surface area contributed by atoms with Gasteiger partial charge in [-0.3, -0.25) is 0 Å². The van der Waals surface area contributed by atoms with Crippen molar-refractivity contribution in [2.24, 2.45) is 5.14 Å². The number of para-hydroxylation sites is 1. The summed E-state index contributed by atoms with van der Waals surface area (Å²) in [6.07, 6.45) is 0. The van der Waals surface area contributed by atoms with Gasteiger partial charge in [0.15, 0.2) is 11.6 Å². The van der Waals surface area contributed by atoms with Crippen LogP contribution in [0, 0.1) is 6.92 Å². The number of H-pyrrole nitrogens is 1. The first kappa shape index (κ1) is 19.8. The van der Waals surface area contributed by atoms with E-state index < -0.39 is 10.0 Å². The van der Waals surface area contributed by atoms with Gasteiger partial charge in [-0.25, -0.2) is 18.5 Å². The lowest BCUT2D eigenvalue weighted by atomic mass is 10.1. The van der Waals surface area contributed by atoms with E-state index in [-0.39, 0.29) is 10.8 Å². The van der Waals surface area contributed by atoms with Crippen LogP contribution in [0.5, 0.6) is 5.88 Å². The lowest BCUT2D eigenvalue weighted by Gasteiger charge is -2.10. The molecule has 4 aromatic rings. The van der Waals surface area contributed by atoms with E-state index in [0.29, 0.717) is 40.3 Å². The Bertz CT molecular complexity index is 1320. The van der Waals surface area contributed by atoms with E-state index in [9.17, 15) is 8.42 Å². The highest BCUT2D eigenvalue weighted by molar-refractivity contribution is 7.89. The maximum atomic E-state index is 11.9. The Hall–Kier alpha value is -3.50. The number of fused-ring (bicyclic) bond motifs is 1. The van der Waals surface area contributed by atoms with Crippen LogP contribution in [0.15, 0.2) is 53.4 Å². The highest BCUT2D eigenvalue weighted by atomic mass is 32.2. The number of aromatic nitrogens is 4. The Kier molecular flexibility index (Phi) is 5.10. The molecule has 2 heterocycles. The summed E-state index contributed by atoms with van der Waals surface area (Å²) in [5.74, 6) is 1.03. The number of benzene rings is 2. The van der Waals surface area contributed by atoms with Gasteiger partial charge in [0.05, 0.1) is 12.6 Å². The summed E-state index contributed by atoms with van der Waals surface area (Å²) in [4.78, 5) is 7.69. The third kappa shape index (κ3) is 3.70. The maximum absolute atomic E-state index is 11.9. The fourth-order valence-corrected chi connectivity index (χ4v) is 4.02. The van der Waals surface area contributed by atoms with Crippen molar-refractivity contribution in [2.45, 2.75) is 18.4 Å². The van der Waals surface area contributed by atoms with Crippen molar-refractivity contribution in [2.75, 3.05) is 12.4 Å². The summed E-state index contributed by atoms with van der Waals surface area (Å²) in [7, 11) is -2.40. The molecule has 0 saturated heterocycles. The highest BCUT2D eigenvalue weighted by Crippen LogP contribution is 2.34. The predicted octanol–water partition coefficient (Wildman–Crippen LogP) is 2.60. The van der Waals surface area contributed by atoms with Gasteiger partial charge in [-0.15, -0.1) is 10.2 Å². The van der Waals surface area contributed by atoms with Crippen molar-refractivity contribution in [3.63, 3.8) is 0 Å². The number of nitrogens with zero attached hydrogens (tertiary/aromatic N) is 3. The van der Waals surface area contributed by atoms with E-state index in [1.54, 1.807) is 12.1 Å². The van der Waals surface area contributed by atoms with E-state index >= 15 is 0 Å². The molecule has 30 heavy (non-hydrogen) atoms. The number of aryl methyl sites for hydroxylation is 1. The fraction of sp³-hybridized carbons (Fsp3) is 0.150. The second-order valence-corrected chi connectivity index (χ2v) is 8.21. The van der Waals surface area contributed by atoms with Crippen LogP contribution >= 0.6 is 0 Å². The van der Waals surface area contributed by atoms with Gasteiger partial charge in [-0.05, 0) is 18.6 Å². The number of nitrogens with one attached hydrogen (secondary N) is 2. The smallest absolute Gasteiger partial charge is 0.276 e. The van der Waals surface area contributed by atoms with Gasteiger partial charge in [0.2, 0.25) is 10.0 Å². The van der Waals surface area contributed by atoms with E-state index in [2.05, 4.69) is 25.5 Å². The number of sulfonamides is 1. The number of rotatable bonds is 6. The molecule has 0 atom stereocenters. The second kappa shape index (κ2) is 7.73. The topological polar surface area (TPSA) is 136 Å². The first-order valence-corrected chi connectivity index (χ1v) is 10.6. The lowest BCUT2D eigenvalue weighted by molar-refractivity contribution is 0.391. The zero-order valence-corrected chi connectivity index (χ0v) is 17.2. The molecule has 0 unspecified atom stereocenters. The molecule has 0 amide bonds. The van der Waals surface area contributed by atoms with Crippen molar-refractivity contribution >= 4 is 26.7 Å². The van der Waals surface area contributed by atoms with Crippen LogP contribution in [0.4, 0.5) is 5.82 Å². The summed E-state index contributed by atoms with van der Waals surface area (Å²) in [6, 6.07) is 14.7. The Morgan fingerprint density at radius 1 is 1.10 bits per heavy atom. The third-order valence-corrected chi connectivity index (χ3v) is 5.62. The molecule has 0 bridgehead atoms. The lowest BCUT2D eigenvalue weighted by Crippen LogP contribution is -2.12. The van der Waals surface area contributed by atoms with Crippen molar-refractivity contribution < 1.29 is 13.2 Å². The molecule has 9 nitrogen and oxygen atoms in total. The second-order valence-electron chi connectivity index (χ2n) is 6.68. The van der Waals surface area contributed by atoms with Crippen molar-refractivity contribution in [1.29, 1.82) is 0 Å². The Labute approximate surface area is 173 Å². The molecule has 0 aliphatic rings. The number of primary sulfonamides is 1. The normalized spacial score (nSPS) is 11.6. The summed E-state index contributed by atoms with van der Waals surface area (Å²) >= 11 is 0. The molecule has 0 aliphatic carbocycles. The van der Waals surface area contributed by atoms with Gasteiger partial charge in [0, 0.05) is 23.2 Å². The van der Waals surface area contributed by atoms with Crippen LogP contribution in [0.1, 0.15) is 11.3 Å². The number of aromatic amines is 1. The minimum absolute atomic E-state index is 0.0123. The molecule has 154 valence electrons. The van der Waals surface area contributed by atoms with Gasteiger partial charge in [0.25, 0.3) is 5.88 Å². The summed E-state index contributed by atoms with van der Waals surface area (Å²) in [5.41, 5.74) is 2.82. The number of ether oxygens (including phenoxy) is 1. The molecule has 0 radical (unpaired) electrons. The minimum Gasteiger partial charge on any atom is -0.477 e. The van der Waals surface area contributed by atoms with Gasteiger partial charge >= 0.3 is 0 Å². The highest BCUT2D eigenvalue weighted by Gasteiger charge is 2.21. The molecular formula is C20H20N6O3S. The average Bonchev–Trinajstić information content (AvgIpc) is 3.07. The van der Waals surface area contributed by atoms with Gasteiger partial charge < -0.3 is 15.0 Å². The summed E-state index contributed by atoms with van der Waals surface area (Å²) in [5, 5.41) is 17.5. The van der Waals surface area contributed by atoms with Crippen LogP contribution in [0.3, 0.4) is 0 Å². The molecule has 4 N–H and O–H groups in total. The number of nitrogens with two attached hydrogens (primary N) is 1. The predicted molar refractivity (Wildman–Crippen MR) is 114 cm³/mol. The molecule has 4 rings (SSSR count). The zero-order chi connectivity index (χ0) is 21.3. The largest absolute Gasteiger partial charge is 0.477 e. The van der Waals surface area contributed by atoms with Crippen LogP contribution in [-0.2, 0) is 16.6 Å². The standard InChI is InChI=1S/C20H20N6O3S/c1-12-16(14-9-6-10-15(17(14)23-12)30(21,27)28)18-24-19(20(29-2)26-25-18)22-11-13-7-4-3-5-8-13/h3-10,23H,11H2,1-2H3,(H2,21,27,28)(H,22,24,25). The van der Waals surface area contributed by atoms with Crippen molar-refractivity contribution in [3.05, 3.63) is 59.8 Å². The first-order valence-electron chi connectivity index (χ1n) is 9.09. The first-order chi connectivity index (χ1) is 14.4. The molecular weight excluding hydrogens is 404 g/mol. The quantitative estimate of drug-likeness (QED) is 0.433. The summed E-state index contributed by atoms with van der Waals surface area (Å²) in [6.45, 7) is 2.34. The SMILES string of the molecule is COc1nnc(-c2c(C)[nH]c3c(S(N)(=O)=O)cccc23)nc1NCc1ccccc1. The monoisotopic (exact) mass is 424 g/mol. The molecule has 10 heteroatoms. The average molecular weight is 424 g/mol. The molecule has 2 aromatic heterocycles. The molecule has 2 aromatic carbocycles. The van der Waals surface area contributed by atoms with E-state index in [0.717, 1.165) is 5.56 Å². The van der Waals surface area contributed by atoms with Gasteiger partial charge in [-0.2, -0.15) is 0 Å². The van der Waals surface area contributed by atoms with Gasteiger partial charge in [-0.1, -0.05) is 42.5 Å². The van der Waals surface area contributed by atoms with Crippen LogP contribution < -0.4 is 15.2 Å². The molecule has 0 saturated carbocycles. The van der Waals surface area contributed by atoms with Crippen LogP contribution in [0.25, 0.3) is 22.3 Å². The Morgan fingerprint density at radius 3 is 2.57 bits per heavy atom. The molecule has 0 fully saturated rings. The number of anilines is 1. The van der Waals surface area contributed by atoms with E-state index in [1.807, 2.05) is 37.3 Å².